The second kappa shape index (κ2) is 13.7. The number of rotatable bonds is 8. The van der Waals surface area contributed by atoms with Crippen LogP contribution in [0.25, 0.3) is 23.0 Å². The van der Waals surface area contributed by atoms with Crippen LogP contribution in [-0.4, -0.2) is 100 Å². The minimum atomic E-state index is -2.99. The molecule has 6 atom stereocenters. The first-order chi connectivity index (χ1) is 27.2. The summed E-state index contributed by atoms with van der Waals surface area (Å²) in [4.78, 5) is 44.4. The molecule has 302 valence electrons. The van der Waals surface area contributed by atoms with Gasteiger partial charge in [-0.25, -0.2) is 29.3 Å². The van der Waals surface area contributed by atoms with Crippen molar-refractivity contribution in [2.75, 3.05) is 43.1 Å². The molecule has 20 heteroatoms. The van der Waals surface area contributed by atoms with Gasteiger partial charge in [0.2, 0.25) is 0 Å². The topological polar surface area (TPSA) is 183 Å². The zero-order chi connectivity index (χ0) is 40.0. The zero-order valence-corrected chi connectivity index (χ0v) is 31.7. The number of carbonyl (C=O) groups is 2. The smallest absolute Gasteiger partial charge is 0.305 e. The highest BCUT2D eigenvalue weighted by atomic mass is 19.3. The van der Waals surface area contributed by atoms with E-state index in [1.165, 1.54) is 28.9 Å². The maximum absolute atomic E-state index is 14.7. The number of methoxy groups -OCH3 is 1. The molecule has 4 aromatic rings. The number of alkyl halides is 4. The van der Waals surface area contributed by atoms with Crippen LogP contribution < -0.4 is 9.80 Å². The van der Waals surface area contributed by atoms with E-state index in [-0.39, 0.29) is 54.2 Å². The molecular weight excluding hydrogens is 752 g/mol. The Labute approximate surface area is 324 Å². The normalized spacial score (nSPS) is 27.1. The van der Waals surface area contributed by atoms with Crippen molar-refractivity contribution in [2.24, 2.45) is 49.6 Å². The molecule has 4 aromatic heterocycles. The average Bonchev–Trinajstić information content (AvgIpc) is 3.62. The van der Waals surface area contributed by atoms with Crippen molar-refractivity contribution in [1.82, 2.24) is 49.9 Å². The number of fused-ring (bicyclic) bond motifs is 4. The maximum Gasteiger partial charge on any atom is 0.305 e. The quantitative estimate of drug-likeness (QED) is 0.201. The number of aliphatic carboxylic acids is 1. The molecule has 2 saturated heterocycles. The molecule has 0 bridgehead atoms. The molecule has 0 spiro atoms. The van der Waals surface area contributed by atoms with Gasteiger partial charge in [0.1, 0.15) is 34.4 Å². The number of aryl methyl sites for hydroxylation is 2. The Balaban J connectivity index is 0.000000148. The standard InChI is InChI=1S/C19H22F2N6O2.C18H20F2N6O2/c1-26-14(7-22-25-26)17-23-16-10(4-3-5-19(16,20)21)18(24-17)27-8-12-11(13(12)9-27)6-15(28)29-2;1-25-13(6-21-24-25)16-22-15-9(3-2-4-18(15,19)20)17(23-16)26-7-11-10(5-14(27)28)12(11)8-26/h7,11-13H,3-6,8-9H2,1-2H3;6,10-12H,2-5,7-8H2,1H3,(H,27,28)/t11?,12-,13+;10?,11-,12+. The van der Waals surface area contributed by atoms with E-state index in [0.29, 0.717) is 122 Å². The summed E-state index contributed by atoms with van der Waals surface area (Å²) in [6.07, 6.45) is 5.01. The lowest BCUT2D eigenvalue weighted by molar-refractivity contribution is -0.141. The van der Waals surface area contributed by atoms with E-state index in [9.17, 15) is 27.2 Å². The molecule has 57 heavy (non-hydrogen) atoms. The van der Waals surface area contributed by atoms with E-state index in [1.54, 1.807) is 14.1 Å². The summed E-state index contributed by atoms with van der Waals surface area (Å²) in [6, 6.07) is 0. The first-order valence-electron chi connectivity index (χ1n) is 19.3. The number of hydrogen-bond donors (Lipinski definition) is 1. The molecule has 1 N–H and O–H groups in total. The lowest BCUT2D eigenvalue weighted by Gasteiger charge is -2.30. The molecule has 2 unspecified atom stereocenters. The Hall–Kier alpha value is -5.30. The van der Waals surface area contributed by atoms with Crippen LogP contribution in [0.3, 0.4) is 0 Å². The number of esters is 1. The highest BCUT2D eigenvalue weighted by Gasteiger charge is 2.58. The van der Waals surface area contributed by atoms with Gasteiger partial charge in [-0.05, 0) is 61.2 Å². The van der Waals surface area contributed by atoms with Gasteiger partial charge >= 0.3 is 11.9 Å². The molecule has 6 aliphatic rings. The van der Waals surface area contributed by atoms with Crippen molar-refractivity contribution in [3.8, 4) is 23.0 Å². The second-order valence-electron chi connectivity index (χ2n) is 16.2. The summed E-state index contributed by atoms with van der Waals surface area (Å²) >= 11 is 0. The summed E-state index contributed by atoms with van der Waals surface area (Å²) in [5.41, 5.74) is 1.69. The number of carbonyl (C=O) groups excluding carboxylic acids is 1. The van der Waals surface area contributed by atoms with Gasteiger partial charge in [-0.15, -0.1) is 10.2 Å². The molecule has 2 saturated carbocycles. The van der Waals surface area contributed by atoms with Gasteiger partial charge in [-0.2, -0.15) is 17.6 Å². The number of nitrogens with zero attached hydrogens (tertiary/aromatic N) is 12. The Morgan fingerprint density at radius 3 is 1.51 bits per heavy atom. The number of ether oxygens (including phenoxy) is 1. The van der Waals surface area contributed by atoms with Gasteiger partial charge in [0.25, 0.3) is 11.8 Å². The number of hydrogen-bond acceptors (Lipinski definition) is 13. The Morgan fingerprint density at radius 2 is 1.14 bits per heavy atom. The number of carboxylic acid groups (broad SMARTS) is 1. The Bertz CT molecular complexity index is 2220. The largest absolute Gasteiger partial charge is 0.481 e. The van der Waals surface area contributed by atoms with E-state index < -0.39 is 17.8 Å². The Morgan fingerprint density at radius 1 is 0.719 bits per heavy atom. The molecule has 0 radical (unpaired) electrons. The van der Waals surface area contributed by atoms with E-state index in [2.05, 4.69) is 45.5 Å². The molecule has 4 fully saturated rings. The second-order valence-corrected chi connectivity index (χ2v) is 16.2. The van der Waals surface area contributed by atoms with Gasteiger partial charge in [0.05, 0.1) is 19.5 Å². The van der Waals surface area contributed by atoms with Crippen molar-refractivity contribution in [3.05, 3.63) is 34.9 Å². The zero-order valence-electron chi connectivity index (χ0n) is 31.7. The minimum Gasteiger partial charge on any atom is -0.481 e. The van der Waals surface area contributed by atoms with Gasteiger partial charge in [-0.3, -0.25) is 9.59 Å². The fourth-order valence-electron chi connectivity index (χ4n) is 9.69. The number of carboxylic acids is 1. The van der Waals surface area contributed by atoms with Gasteiger partial charge in [0.15, 0.2) is 11.6 Å². The van der Waals surface area contributed by atoms with Crippen molar-refractivity contribution < 1.29 is 37.0 Å². The third kappa shape index (κ3) is 6.63. The first-order valence-corrected chi connectivity index (χ1v) is 19.3. The fourth-order valence-corrected chi connectivity index (χ4v) is 9.69. The molecule has 4 aliphatic carbocycles. The molecular formula is C37H42F4N12O4. The maximum atomic E-state index is 14.7. The van der Waals surface area contributed by atoms with Crippen molar-refractivity contribution in [2.45, 2.75) is 63.2 Å². The SMILES string of the molecule is COC(=O)CC1[C@H]2CN(c3nc(-c4cnnn4C)nc4c3CCCC4(F)F)C[C@@H]12.Cn1nncc1-c1nc(N2C[C@@H]3C(CC(=O)O)[C@@H]3C2)c2c(n1)C(F)(F)CCC2. The summed E-state index contributed by atoms with van der Waals surface area (Å²) < 4.78 is 66.5. The molecule has 0 aromatic carbocycles. The molecule has 0 amide bonds. The summed E-state index contributed by atoms with van der Waals surface area (Å²) in [6.45, 7) is 2.73. The van der Waals surface area contributed by atoms with Crippen molar-refractivity contribution >= 4 is 23.6 Å². The number of halogens is 4. The van der Waals surface area contributed by atoms with Gasteiger partial charge in [0, 0.05) is 77.1 Å². The third-order valence-electron chi connectivity index (χ3n) is 12.8. The monoisotopic (exact) mass is 794 g/mol. The highest BCUT2D eigenvalue weighted by Crippen LogP contribution is 2.56. The summed E-state index contributed by atoms with van der Waals surface area (Å²) in [5.74, 6) is -3.50. The van der Waals surface area contributed by atoms with E-state index in [1.807, 2.05) is 4.90 Å². The van der Waals surface area contributed by atoms with Crippen LogP contribution >= 0.6 is 0 Å². The van der Waals surface area contributed by atoms with E-state index >= 15 is 0 Å². The molecule has 10 rings (SSSR count). The van der Waals surface area contributed by atoms with E-state index in [0.717, 1.165) is 0 Å². The van der Waals surface area contributed by atoms with Crippen LogP contribution in [0, 0.1) is 35.5 Å². The summed E-state index contributed by atoms with van der Waals surface area (Å²) in [5, 5.41) is 24.4. The van der Waals surface area contributed by atoms with Crippen LogP contribution in [0.4, 0.5) is 29.2 Å². The summed E-state index contributed by atoms with van der Waals surface area (Å²) in [7, 11) is 4.75. The van der Waals surface area contributed by atoms with Gasteiger partial charge < -0.3 is 19.6 Å². The van der Waals surface area contributed by atoms with Crippen LogP contribution in [0.15, 0.2) is 12.4 Å². The van der Waals surface area contributed by atoms with Crippen molar-refractivity contribution in [1.29, 1.82) is 0 Å². The predicted octanol–water partition coefficient (Wildman–Crippen LogP) is 3.80. The van der Waals surface area contributed by atoms with Crippen LogP contribution in [0.1, 0.15) is 61.0 Å². The predicted molar refractivity (Wildman–Crippen MR) is 192 cm³/mol. The molecule has 16 nitrogen and oxygen atoms in total. The van der Waals surface area contributed by atoms with Gasteiger partial charge in [-0.1, -0.05) is 10.4 Å². The molecule has 2 aliphatic heterocycles. The van der Waals surface area contributed by atoms with E-state index in [4.69, 9.17) is 9.84 Å². The third-order valence-corrected chi connectivity index (χ3v) is 12.8. The number of aromatic nitrogens is 10. The van der Waals surface area contributed by atoms with Crippen LogP contribution in [0.2, 0.25) is 0 Å². The molecule has 6 heterocycles. The fraction of sp³-hybridized carbons (Fsp3) is 0.622. The first kappa shape index (κ1) is 37.3. The van der Waals surface area contributed by atoms with Crippen LogP contribution in [0.5, 0.6) is 0 Å². The lowest BCUT2D eigenvalue weighted by Crippen LogP contribution is -2.31. The minimum absolute atomic E-state index is 0.170. The average molecular weight is 795 g/mol. The van der Waals surface area contributed by atoms with Crippen molar-refractivity contribution in [3.63, 3.8) is 0 Å². The highest BCUT2D eigenvalue weighted by molar-refractivity contribution is 5.70. The number of anilines is 2. The lowest BCUT2D eigenvalue weighted by atomic mass is 9.92. The number of piperidine rings is 2. The Kier molecular flexibility index (Phi) is 8.94. The van der Waals surface area contributed by atoms with Crippen LogP contribution in [-0.2, 0) is 53.1 Å².